The average molecular weight is 2100 g/mol. The molecule has 0 radical (unpaired) electrons. The molecule has 0 spiro atoms. The Bertz CT molecular complexity index is 7290. The molecular weight excluding hydrogens is 1900 g/mol. The molecule has 6 unspecified atom stereocenters. The fourth-order valence-corrected chi connectivity index (χ4v) is 13.9. The summed E-state index contributed by atoms with van der Waals surface area (Å²) in [6.45, 7) is 9.81. The number of rotatable bonds is 60. The molecule has 0 saturated carbocycles. The Morgan fingerprint density at radius 1 is 0.207 bits per heavy atom. The summed E-state index contributed by atoms with van der Waals surface area (Å²) in [5.74, 6) is 4.51. The van der Waals surface area contributed by atoms with Gasteiger partial charge >= 0.3 is 0 Å². The summed E-state index contributed by atoms with van der Waals surface area (Å²) in [5, 5.41) is 61.7. The van der Waals surface area contributed by atoms with E-state index in [4.69, 9.17) is 135 Å². The second-order valence-electron chi connectivity index (χ2n) is 34.1. The molecule has 0 aliphatic rings. The lowest BCUT2D eigenvalue weighted by Crippen LogP contribution is -2.17. The van der Waals surface area contributed by atoms with Gasteiger partial charge in [0.1, 0.15) is 74.1 Å². The zero-order valence-corrected chi connectivity index (χ0v) is 87.3. The van der Waals surface area contributed by atoms with Crippen LogP contribution in [0, 0.1) is 41.5 Å². The lowest BCUT2D eigenvalue weighted by atomic mass is 10.0. The molecule has 0 bridgehead atoms. The van der Waals surface area contributed by atoms with E-state index in [1.165, 1.54) is 77.0 Å². The Balaban J connectivity index is 0.000000298. The summed E-state index contributed by atoms with van der Waals surface area (Å²) in [4.78, 5) is 0. The first kappa shape index (κ1) is 78.9. The van der Waals surface area contributed by atoms with E-state index in [9.17, 15) is 30.6 Å². The van der Waals surface area contributed by atoms with Crippen LogP contribution in [-0.2, 0) is 38.5 Å². The first-order valence-corrected chi connectivity index (χ1v) is 48.4. The Morgan fingerprint density at radius 2 is 0.380 bits per heavy atom. The molecule has 12 aromatic rings. The maximum absolute atomic E-state index is 10.3. The van der Waals surface area contributed by atoms with E-state index in [1.54, 1.807) is 136 Å². The minimum absolute atomic E-state index is 0.000601. The van der Waals surface area contributed by atoms with Gasteiger partial charge in [-0.1, -0.05) is 148 Å². The van der Waals surface area contributed by atoms with Crippen LogP contribution in [0.1, 0.15) is 231 Å². The van der Waals surface area contributed by atoms with Gasteiger partial charge in [-0.3, -0.25) is 0 Å². The second-order valence-corrected chi connectivity index (χ2v) is 34.1. The molecule has 0 heterocycles. The van der Waals surface area contributed by atoms with Crippen LogP contribution in [0.5, 0.6) is 103 Å². The monoisotopic (exact) mass is 2100 g/mol. The van der Waals surface area contributed by atoms with Crippen LogP contribution in [0.15, 0.2) is 255 Å². The Hall–Kier alpha value is -13.2. The van der Waals surface area contributed by atoms with E-state index in [0.717, 1.165) is 56.6 Å². The molecule has 0 aliphatic heterocycles. The number of methoxy groups -OCH3 is 12. The molecule has 24 heteroatoms. The van der Waals surface area contributed by atoms with Gasteiger partial charge in [0.25, 0.3) is 0 Å². The van der Waals surface area contributed by atoms with Gasteiger partial charge < -0.3 is 116 Å². The van der Waals surface area contributed by atoms with Crippen molar-refractivity contribution in [3.05, 3.63) is 322 Å². The number of hydrogen-bond acceptors (Lipinski definition) is 24. The van der Waals surface area contributed by atoms with Gasteiger partial charge in [0, 0.05) is 16.4 Å². The quantitative estimate of drug-likeness (QED) is 0.0206. The lowest BCUT2D eigenvalue weighted by molar-refractivity contribution is 0.0976. The summed E-state index contributed by atoms with van der Waals surface area (Å²) in [6.07, 6.45) is -23.0. The Morgan fingerprint density at radius 3 is 0.573 bits per heavy atom. The normalized spacial score (nSPS) is 17.7. The third-order valence-electron chi connectivity index (χ3n) is 21.9. The van der Waals surface area contributed by atoms with Crippen LogP contribution in [0.4, 0.5) is 0 Å². The molecule has 12 rings (SSSR count). The van der Waals surface area contributed by atoms with E-state index in [2.05, 4.69) is 0 Å². The maximum Gasteiger partial charge on any atom is 0.160 e. The fourth-order valence-electron chi connectivity index (χ4n) is 13.9. The van der Waals surface area contributed by atoms with Gasteiger partial charge in [-0.05, 0) is 369 Å². The van der Waals surface area contributed by atoms with Crippen molar-refractivity contribution in [1.29, 1.82) is 0 Å². The molecule has 816 valence electrons. The van der Waals surface area contributed by atoms with Gasteiger partial charge in [0.05, 0.1) is 154 Å². The lowest BCUT2D eigenvalue weighted by Gasteiger charge is -2.13. The second kappa shape index (κ2) is 72.3. The van der Waals surface area contributed by atoms with Crippen molar-refractivity contribution in [2.75, 3.05) is 125 Å². The zero-order chi connectivity index (χ0) is 140. The highest BCUT2D eigenvalue weighted by Crippen LogP contribution is 2.36. The smallest absolute Gasteiger partial charge is 0.160 e. The van der Waals surface area contributed by atoms with Crippen LogP contribution in [0.25, 0.3) is 0 Å². The highest BCUT2D eigenvalue weighted by Gasteiger charge is 2.18. The van der Waals surface area contributed by atoms with E-state index in [1.807, 2.05) is 114 Å². The highest BCUT2D eigenvalue weighted by molar-refractivity contribution is 5.48. The molecular formula is C126H168O24. The predicted molar refractivity (Wildman–Crippen MR) is 599 cm³/mol. The molecule has 12 aromatic carbocycles. The van der Waals surface area contributed by atoms with Crippen LogP contribution in [-0.4, -0.2) is 192 Å². The van der Waals surface area contributed by atoms with Crippen molar-refractivity contribution in [2.24, 2.45) is 0 Å². The molecule has 0 aromatic heterocycles. The number of ether oxygens (including phenoxy) is 18. The first-order chi connectivity index (χ1) is 85.7. The Kier molecular flexibility index (Phi) is 38.0. The SMILES string of the molecule is [2H]C(O)(CCCC([2H])([2H])c1ccc(OC([2H])([2H])[2H])c(OC([2H])([2H])[2H])c1)COc1cccc(C)c1.[2H]C([2H])(CCC([2H])(O)COc1cccc(C)c1)Cc1ccc(OC([2H])([2H])[2H])c(OC([2H])([2H])[2H])c1.[2H]C([2H])(CCC([2H])(O)COc1cccc(C)c1)Cc1ccc(OC([2H])([2H])[2H])c(OC)c1.[2H]C([2H])(CCC([2H])(O)COc1cccc(C)c1)Cc1ccc(OC)c(OC([2H])([2H])[2H])c1.[2H]C([2H])(CCC([2H])(O)COc1cccc(C)c1)Cc1ccc(OC)c(OC)c1.[2H]C([2H])(CCC([2H])(O)COc1cccc(C)c1)Cc1ccc(OC)c(OC)c1. The van der Waals surface area contributed by atoms with Crippen LogP contribution in [0.2, 0.25) is 0 Å². The molecule has 24 nitrogen and oxygen atoms in total. The summed E-state index contributed by atoms with van der Waals surface area (Å²) in [7, 11) is -7.84. The van der Waals surface area contributed by atoms with Crippen LogP contribution >= 0.6 is 0 Å². The first-order valence-electron chi connectivity index (χ1n) is 66.4. The topological polar surface area (TPSA) is 288 Å². The van der Waals surface area contributed by atoms with Crippen molar-refractivity contribution in [2.45, 2.75) is 232 Å². The van der Waals surface area contributed by atoms with Crippen LogP contribution in [0.3, 0.4) is 0 Å². The van der Waals surface area contributed by atoms with E-state index < -0.39 is 123 Å². The number of benzene rings is 12. The van der Waals surface area contributed by atoms with Crippen molar-refractivity contribution in [3.63, 3.8) is 0 Å². The third kappa shape index (κ3) is 49.5. The van der Waals surface area contributed by atoms with E-state index >= 15 is 0 Å². The van der Waals surface area contributed by atoms with Crippen LogP contribution < -0.4 is 85.3 Å². The molecule has 0 aliphatic carbocycles. The summed E-state index contributed by atoms with van der Waals surface area (Å²) in [6, 6.07) is 70.4. The van der Waals surface area contributed by atoms with Gasteiger partial charge in [0.2, 0.25) is 0 Å². The Labute approximate surface area is 943 Å². The van der Waals surface area contributed by atoms with Crippen molar-refractivity contribution < 1.29 is 165 Å². The van der Waals surface area contributed by atoms with Gasteiger partial charge in [0.15, 0.2) is 69.0 Å². The molecule has 150 heavy (non-hydrogen) atoms. The highest BCUT2D eigenvalue weighted by atomic mass is 16.5. The fraction of sp³-hybridized carbons (Fsp3) is 0.429. The van der Waals surface area contributed by atoms with Crippen molar-refractivity contribution in [1.82, 2.24) is 0 Å². The minimum Gasteiger partial charge on any atom is -0.493 e. The zero-order valence-electron chi connectivity index (χ0n) is 123. The minimum atomic E-state index is -2.91. The van der Waals surface area contributed by atoms with Gasteiger partial charge in [-0.2, -0.15) is 0 Å². The van der Waals surface area contributed by atoms with Gasteiger partial charge in [-0.25, -0.2) is 0 Å². The van der Waals surface area contributed by atoms with E-state index in [-0.39, 0.29) is 201 Å². The van der Waals surface area contributed by atoms with Gasteiger partial charge in [-0.15, -0.1) is 0 Å². The van der Waals surface area contributed by atoms with E-state index in [0.29, 0.717) is 74.2 Å². The number of hydrogen-bond donors (Lipinski definition) is 6. The number of aliphatic hydroxyl groups is 6. The maximum atomic E-state index is 10.3. The molecule has 0 saturated heterocycles. The average Bonchev–Trinajstić information content (AvgIpc) is 0.799. The largest absolute Gasteiger partial charge is 0.493 e. The molecule has 6 N–H and O–H groups in total. The summed E-state index contributed by atoms with van der Waals surface area (Å²) >= 11 is 0. The predicted octanol–water partition coefficient (Wildman–Crippen LogP) is 25.0. The third-order valence-corrected chi connectivity index (χ3v) is 21.9. The summed E-state index contributed by atoms with van der Waals surface area (Å²) < 4.78 is 371. The van der Waals surface area contributed by atoms with Crippen molar-refractivity contribution >= 4 is 0 Å². The number of aryl methyl sites for hydroxylation is 12. The standard InChI is InChI=1S/6C21H28O4/c6*1-16-7-6-10-19(13-16)25-15-18(22)9-5-4-8-17-11-12-20(23-2)21(14-17)24-3/h6*6-7,10-14,18,22H,4-5,8-9,15H2,1-3H3/i2D3,3D3,8D2,18D;2D3,3D3,4D2,18D;3D3,4D2,18D;2D3,4D2,18D;2*4D2,18D. The molecule has 0 amide bonds. The van der Waals surface area contributed by atoms with Crippen molar-refractivity contribution in [3.8, 4) is 103 Å². The molecule has 0 fully saturated rings. The summed E-state index contributed by atoms with van der Waals surface area (Å²) in [5.41, 5.74) is 8.92. The molecule has 6 atom stereocenters.